The summed E-state index contributed by atoms with van der Waals surface area (Å²) in [5.74, 6) is -0.333. The van der Waals surface area contributed by atoms with Gasteiger partial charge in [0.1, 0.15) is 5.82 Å². The molecule has 0 aliphatic rings. The van der Waals surface area contributed by atoms with E-state index in [1.54, 1.807) is 18.5 Å². The highest BCUT2D eigenvalue weighted by atomic mass is 19.1. The molecule has 0 spiro atoms. The SMILES string of the molecule is CN(Cc1ccncc1)c1ccc(F)cc1CO. The van der Waals surface area contributed by atoms with Crippen LogP contribution in [0.2, 0.25) is 0 Å². The number of nitrogens with zero attached hydrogens (tertiary/aromatic N) is 2. The van der Waals surface area contributed by atoms with Gasteiger partial charge in [0.05, 0.1) is 6.61 Å². The fraction of sp³-hybridized carbons (Fsp3) is 0.214. The second-order valence-electron chi connectivity index (χ2n) is 4.14. The lowest BCUT2D eigenvalue weighted by molar-refractivity contribution is 0.281. The van der Waals surface area contributed by atoms with Gasteiger partial charge >= 0.3 is 0 Å². The average molecular weight is 246 g/mol. The van der Waals surface area contributed by atoms with Crippen LogP contribution in [0.25, 0.3) is 0 Å². The topological polar surface area (TPSA) is 36.4 Å². The van der Waals surface area contributed by atoms with E-state index >= 15 is 0 Å². The quantitative estimate of drug-likeness (QED) is 0.899. The summed E-state index contributed by atoms with van der Waals surface area (Å²) in [5.41, 5.74) is 2.53. The van der Waals surface area contributed by atoms with Crippen molar-refractivity contribution in [2.75, 3.05) is 11.9 Å². The summed E-state index contributed by atoms with van der Waals surface area (Å²) in [6.45, 7) is 0.509. The average Bonchev–Trinajstić information content (AvgIpc) is 2.39. The number of aromatic nitrogens is 1. The van der Waals surface area contributed by atoms with Crippen LogP contribution in [0.15, 0.2) is 42.7 Å². The van der Waals surface area contributed by atoms with E-state index in [-0.39, 0.29) is 12.4 Å². The van der Waals surface area contributed by atoms with Gasteiger partial charge < -0.3 is 10.0 Å². The number of pyridine rings is 1. The Bertz CT molecular complexity index is 516. The van der Waals surface area contributed by atoms with E-state index in [1.165, 1.54) is 12.1 Å². The van der Waals surface area contributed by atoms with Gasteiger partial charge in [0, 0.05) is 37.2 Å². The molecule has 1 N–H and O–H groups in total. The van der Waals surface area contributed by atoms with Gasteiger partial charge in [0.15, 0.2) is 0 Å². The highest BCUT2D eigenvalue weighted by Gasteiger charge is 2.08. The Labute approximate surface area is 106 Å². The molecule has 1 heterocycles. The maximum atomic E-state index is 13.1. The zero-order valence-electron chi connectivity index (χ0n) is 10.2. The van der Waals surface area contributed by atoms with Crippen LogP contribution < -0.4 is 4.90 Å². The molecule has 94 valence electrons. The number of rotatable bonds is 4. The molecule has 0 unspecified atom stereocenters. The normalized spacial score (nSPS) is 10.4. The van der Waals surface area contributed by atoms with Crippen molar-refractivity contribution in [1.82, 2.24) is 4.98 Å². The van der Waals surface area contributed by atoms with Crippen LogP contribution in [0.1, 0.15) is 11.1 Å². The molecule has 18 heavy (non-hydrogen) atoms. The summed E-state index contributed by atoms with van der Waals surface area (Å²) in [4.78, 5) is 5.94. The predicted octanol–water partition coefficient (Wildman–Crippen LogP) is 2.35. The first kappa shape index (κ1) is 12.5. The van der Waals surface area contributed by atoms with Gasteiger partial charge in [0.2, 0.25) is 0 Å². The van der Waals surface area contributed by atoms with E-state index in [9.17, 15) is 9.50 Å². The molecule has 2 aromatic rings. The Balaban J connectivity index is 2.21. The molecule has 0 saturated heterocycles. The van der Waals surface area contributed by atoms with Crippen molar-refractivity contribution in [3.05, 3.63) is 59.7 Å². The van der Waals surface area contributed by atoms with Gasteiger partial charge in [-0.25, -0.2) is 4.39 Å². The lowest BCUT2D eigenvalue weighted by atomic mass is 10.1. The van der Waals surface area contributed by atoms with Crippen LogP contribution in [-0.2, 0) is 13.2 Å². The molecule has 0 amide bonds. The smallest absolute Gasteiger partial charge is 0.123 e. The number of aliphatic hydroxyl groups is 1. The Morgan fingerprint density at radius 3 is 2.61 bits per heavy atom. The Hall–Kier alpha value is -1.94. The molecular formula is C14H15FN2O. The van der Waals surface area contributed by atoms with Gasteiger partial charge in [-0.05, 0) is 35.9 Å². The minimum absolute atomic E-state index is 0.173. The second kappa shape index (κ2) is 5.60. The molecule has 0 radical (unpaired) electrons. The van der Waals surface area contributed by atoms with Crippen molar-refractivity contribution >= 4 is 5.69 Å². The van der Waals surface area contributed by atoms with Crippen LogP contribution in [0, 0.1) is 5.82 Å². The Kier molecular flexibility index (Phi) is 3.89. The fourth-order valence-electron chi connectivity index (χ4n) is 1.90. The molecule has 2 rings (SSSR count). The molecule has 0 aliphatic carbocycles. The number of benzene rings is 1. The molecule has 0 saturated carbocycles. The van der Waals surface area contributed by atoms with E-state index in [0.717, 1.165) is 11.3 Å². The van der Waals surface area contributed by atoms with Gasteiger partial charge in [-0.1, -0.05) is 0 Å². The highest BCUT2D eigenvalue weighted by Crippen LogP contribution is 2.22. The van der Waals surface area contributed by atoms with Gasteiger partial charge in [-0.3, -0.25) is 4.98 Å². The van der Waals surface area contributed by atoms with Crippen LogP contribution >= 0.6 is 0 Å². The second-order valence-corrected chi connectivity index (χ2v) is 4.14. The van der Waals surface area contributed by atoms with Crippen molar-refractivity contribution < 1.29 is 9.50 Å². The number of anilines is 1. The van der Waals surface area contributed by atoms with Crippen LogP contribution in [-0.4, -0.2) is 17.1 Å². The lowest BCUT2D eigenvalue weighted by Crippen LogP contribution is -2.18. The maximum Gasteiger partial charge on any atom is 0.123 e. The largest absolute Gasteiger partial charge is 0.392 e. The molecule has 0 fully saturated rings. The first-order valence-corrected chi connectivity index (χ1v) is 5.70. The molecule has 0 bridgehead atoms. The summed E-state index contributed by atoms with van der Waals surface area (Å²) < 4.78 is 13.1. The minimum atomic E-state index is -0.333. The van der Waals surface area contributed by atoms with Crippen LogP contribution in [0.5, 0.6) is 0 Å². The van der Waals surface area contributed by atoms with Crippen LogP contribution in [0.4, 0.5) is 10.1 Å². The van der Waals surface area contributed by atoms with E-state index in [2.05, 4.69) is 4.98 Å². The molecule has 0 atom stereocenters. The zero-order chi connectivity index (χ0) is 13.0. The fourth-order valence-corrected chi connectivity index (χ4v) is 1.90. The third-order valence-electron chi connectivity index (χ3n) is 2.79. The molecule has 1 aromatic carbocycles. The first-order chi connectivity index (χ1) is 8.70. The van der Waals surface area contributed by atoms with Gasteiger partial charge in [0.25, 0.3) is 0 Å². The Morgan fingerprint density at radius 2 is 1.94 bits per heavy atom. The summed E-state index contributed by atoms with van der Waals surface area (Å²) >= 11 is 0. The highest BCUT2D eigenvalue weighted by molar-refractivity contribution is 5.53. The van der Waals surface area contributed by atoms with E-state index < -0.39 is 0 Å². The van der Waals surface area contributed by atoms with Crippen LogP contribution in [0.3, 0.4) is 0 Å². The lowest BCUT2D eigenvalue weighted by Gasteiger charge is -2.22. The van der Waals surface area contributed by atoms with Crippen molar-refractivity contribution in [1.29, 1.82) is 0 Å². The molecule has 1 aromatic heterocycles. The van der Waals surface area contributed by atoms with Gasteiger partial charge in [-0.15, -0.1) is 0 Å². The summed E-state index contributed by atoms with van der Waals surface area (Å²) in [6.07, 6.45) is 3.47. The number of hydrogen-bond donors (Lipinski definition) is 1. The molecular weight excluding hydrogens is 231 g/mol. The van der Waals surface area contributed by atoms with E-state index in [0.29, 0.717) is 12.1 Å². The number of aliphatic hydroxyl groups excluding tert-OH is 1. The summed E-state index contributed by atoms with van der Waals surface area (Å²) in [5, 5.41) is 9.25. The molecule has 4 heteroatoms. The van der Waals surface area contributed by atoms with Crippen molar-refractivity contribution in [2.24, 2.45) is 0 Å². The van der Waals surface area contributed by atoms with Crippen molar-refractivity contribution in [3.63, 3.8) is 0 Å². The van der Waals surface area contributed by atoms with E-state index in [1.807, 2.05) is 24.1 Å². The zero-order valence-corrected chi connectivity index (χ0v) is 10.2. The maximum absolute atomic E-state index is 13.1. The standard InChI is InChI=1S/C14H15FN2O/c1-17(9-11-4-6-16-7-5-11)14-3-2-13(15)8-12(14)10-18/h2-8,18H,9-10H2,1H3. The molecule has 3 nitrogen and oxygen atoms in total. The molecule has 0 aliphatic heterocycles. The third-order valence-corrected chi connectivity index (χ3v) is 2.79. The summed E-state index contributed by atoms with van der Waals surface area (Å²) in [7, 11) is 1.91. The monoisotopic (exact) mass is 246 g/mol. The number of halogens is 1. The van der Waals surface area contributed by atoms with E-state index in [4.69, 9.17) is 0 Å². The van der Waals surface area contributed by atoms with Gasteiger partial charge in [-0.2, -0.15) is 0 Å². The Morgan fingerprint density at radius 1 is 1.22 bits per heavy atom. The predicted molar refractivity (Wildman–Crippen MR) is 68.7 cm³/mol. The third kappa shape index (κ3) is 2.84. The first-order valence-electron chi connectivity index (χ1n) is 5.70. The number of hydrogen-bond acceptors (Lipinski definition) is 3. The van der Waals surface area contributed by atoms with Crippen molar-refractivity contribution in [2.45, 2.75) is 13.2 Å². The minimum Gasteiger partial charge on any atom is -0.392 e. The van der Waals surface area contributed by atoms with Crippen molar-refractivity contribution in [3.8, 4) is 0 Å². The summed E-state index contributed by atoms with van der Waals surface area (Å²) in [6, 6.07) is 8.30.